The molecular formula is C11H10BrN3O. The Balaban J connectivity index is 2.42. The summed E-state index contributed by atoms with van der Waals surface area (Å²) in [5, 5.41) is 3.96. The van der Waals surface area contributed by atoms with Gasteiger partial charge in [0.05, 0.1) is 0 Å². The SMILES string of the molecule is Cn1nccc1C(=O)c1ccc(N)c(Br)c1. The predicted octanol–water partition coefficient (Wildman–Crippen LogP) is 2.00. The van der Waals surface area contributed by atoms with Crippen molar-refractivity contribution in [2.75, 3.05) is 5.73 Å². The molecule has 2 rings (SSSR count). The number of carbonyl (C=O) groups is 1. The Bertz CT molecular complexity index is 548. The molecule has 2 N–H and O–H groups in total. The molecule has 0 radical (unpaired) electrons. The molecule has 0 saturated heterocycles. The van der Waals surface area contributed by atoms with Gasteiger partial charge >= 0.3 is 0 Å². The van der Waals surface area contributed by atoms with Crippen molar-refractivity contribution in [3.05, 3.63) is 46.2 Å². The first-order chi connectivity index (χ1) is 7.59. The molecule has 1 aromatic heterocycles. The van der Waals surface area contributed by atoms with E-state index < -0.39 is 0 Å². The summed E-state index contributed by atoms with van der Waals surface area (Å²) in [5.41, 5.74) is 7.41. The molecule has 0 saturated carbocycles. The number of halogens is 1. The van der Waals surface area contributed by atoms with Crippen LogP contribution in [0, 0.1) is 0 Å². The molecular weight excluding hydrogens is 270 g/mol. The van der Waals surface area contributed by atoms with Gasteiger partial charge in [-0.2, -0.15) is 5.10 Å². The third kappa shape index (κ3) is 1.86. The third-order valence-corrected chi connectivity index (χ3v) is 3.00. The molecule has 0 aliphatic rings. The number of anilines is 1. The van der Waals surface area contributed by atoms with Gasteiger partial charge in [-0.3, -0.25) is 9.48 Å². The van der Waals surface area contributed by atoms with Crippen molar-refractivity contribution in [1.82, 2.24) is 9.78 Å². The highest BCUT2D eigenvalue weighted by atomic mass is 79.9. The average molecular weight is 280 g/mol. The summed E-state index contributed by atoms with van der Waals surface area (Å²) < 4.78 is 2.27. The van der Waals surface area contributed by atoms with Gasteiger partial charge < -0.3 is 5.73 Å². The van der Waals surface area contributed by atoms with E-state index in [4.69, 9.17) is 5.73 Å². The van der Waals surface area contributed by atoms with Gasteiger partial charge in [0.1, 0.15) is 5.69 Å². The number of rotatable bonds is 2. The lowest BCUT2D eigenvalue weighted by Gasteiger charge is -2.03. The minimum atomic E-state index is -0.0688. The van der Waals surface area contributed by atoms with E-state index in [2.05, 4.69) is 21.0 Å². The Morgan fingerprint density at radius 1 is 1.44 bits per heavy atom. The zero-order valence-electron chi connectivity index (χ0n) is 8.64. The first-order valence-corrected chi connectivity index (χ1v) is 5.46. The van der Waals surface area contributed by atoms with Crippen molar-refractivity contribution in [2.24, 2.45) is 7.05 Å². The molecule has 0 atom stereocenters. The first-order valence-electron chi connectivity index (χ1n) is 4.67. The average Bonchev–Trinajstić information content (AvgIpc) is 2.67. The second kappa shape index (κ2) is 4.09. The molecule has 2 aromatic rings. The van der Waals surface area contributed by atoms with E-state index in [0.29, 0.717) is 16.9 Å². The maximum atomic E-state index is 12.1. The lowest BCUT2D eigenvalue weighted by molar-refractivity contribution is 0.103. The third-order valence-electron chi connectivity index (χ3n) is 2.32. The summed E-state index contributed by atoms with van der Waals surface area (Å²) >= 11 is 3.30. The van der Waals surface area contributed by atoms with E-state index in [1.807, 2.05) is 0 Å². The van der Waals surface area contributed by atoms with Crippen molar-refractivity contribution in [3.63, 3.8) is 0 Å². The van der Waals surface area contributed by atoms with E-state index in [9.17, 15) is 4.79 Å². The predicted molar refractivity (Wildman–Crippen MR) is 65.2 cm³/mol. The van der Waals surface area contributed by atoms with Crippen molar-refractivity contribution in [3.8, 4) is 0 Å². The number of benzene rings is 1. The lowest BCUT2D eigenvalue weighted by Crippen LogP contribution is -2.08. The normalized spacial score (nSPS) is 10.4. The fourth-order valence-corrected chi connectivity index (χ4v) is 1.79. The molecule has 0 bridgehead atoms. The molecule has 1 heterocycles. The summed E-state index contributed by atoms with van der Waals surface area (Å²) in [4.78, 5) is 12.1. The van der Waals surface area contributed by atoms with E-state index in [-0.39, 0.29) is 5.78 Å². The number of hydrogen-bond donors (Lipinski definition) is 1. The van der Waals surface area contributed by atoms with Crippen LogP contribution in [0.4, 0.5) is 5.69 Å². The van der Waals surface area contributed by atoms with Gasteiger partial charge in [0.2, 0.25) is 5.78 Å². The monoisotopic (exact) mass is 279 g/mol. The summed E-state index contributed by atoms with van der Waals surface area (Å²) in [7, 11) is 1.74. The highest BCUT2D eigenvalue weighted by molar-refractivity contribution is 9.10. The summed E-state index contributed by atoms with van der Waals surface area (Å²) in [5.74, 6) is -0.0688. The number of hydrogen-bond acceptors (Lipinski definition) is 3. The fourth-order valence-electron chi connectivity index (χ4n) is 1.41. The minimum absolute atomic E-state index is 0.0688. The Kier molecular flexibility index (Phi) is 2.78. The first kappa shape index (κ1) is 10.9. The molecule has 0 fully saturated rings. The van der Waals surface area contributed by atoms with E-state index in [1.165, 1.54) is 0 Å². The number of nitrogens with two attached hydrogens (primary N) is 1. The maximum absolute atomic E-state index is 12.1. The van der Waals surface area contributed by atoms with Crippen LogP contribution in [-0.4, -0.2) is 15.6 Å². The van der Waals surface area contributed by atoms with Gasteiger partial charge in [0.15, 0.2) is 0 Å². The van der Waals surface area contributed by atoms with E-state index >= 15 is 0 Å². The topological polar surface area (TPSA) is 60.9 Å². The molecule has 4 nitrogen and oxygen atoms in total. The van der Waals surface area contributed by atoms with Crippen LogP contribution >= 0.6 is 15.9 Å². The van der Waals surface area contributed by atoms with Gasteiger partial charge in [-0.25, -0.2) is 0 Å². The zero-order chi connectivity index (χ0) is 11.7. The van der Waals surface area contributed by atoms with Crippen molar-refractivity contribution >= 4 is 27.4 Å². The highest BCUT2D eigenvalue weighted by Gasteiger charge is 2.13. The van der Waals surface area contributed by atoms with Crippen molar-refractivity contribution < 1.29 is 4.79 Å². The minimum Gasteiger partial charge on any atom is -0.398 e. The molecule has 16 heavy (non-hydrogen) atoms. The quantitative estimate of drug-likeness (QED) is 0.676. The second-order valence-electron chi connectivity index (χ2n) is 3.41. The van der Waals surface area contributed by atoms with Crippen LogP contribution in [0.15, 0.2) is 34.9 Å². The highest BCUT2D eigenvalue weighted by Crippen LogP contribution is 2.21. The molecule has 0 spiro atoms. The standard InChI is InChI=1S/C11H10BrN3O/c1-15-10(4-5-14-15)11(16)7-2-3-9(13)8(12)6-7/h2-6H,13H2,1H3. The molecule has 5 heteroatoms. The van der Waals surface area contributed by atoms with Crippen LogP contribution in [0.5, 0.6) is 0 Å². The number of nitrogen functional groups attached to an aromatic ring is 1. The Hall–Kier alpha value is -1.62. The number of carbonyl (C=O) groups excluding carboxylic acids is 1. The number of aryl methyl sites for hydroxylation is 1. The van der Waals surface area contributed by atoms with E-state index in [1.54, 1.807) is 42.2 Å². The van der Waals surface area contributed by atoms with Gasteiger partial charge in [0, 0.05) is 29.0 Å². The van der Waals surface area contributed by atoms with Gasteiger partial charge in [0.25, 0.3) is 0 Å². The van der Waals surface area contributed by atoms with Crippen LogP contribution in [-0.2, 0) is 7.05 Å². The molecule has 0 aliphatic carbocycles. The summed E-state index contributed by atoms with van der Waals surface area (Å²) in [6.07, 6.45) is 1.60. The molecule has 1 aromatic carbocycles. The van der Waals surface area contributed by atoms with Crippen molar-refractivity contribution in [2.45, 2.75) is 0 Å². The molecule has 0 unspecified atom stereocenters. The number of ketones is 1. The Labute approximate surface area is 101 Å². The van der Waals surface area contributed by atoms with Crippen molar-refractivity contribution in [1.29, 1.82) is 0 Å². The largest absolute Gasteiger partial charge is 0.398 e. The summed E-state index contributed by atoms with van der Waals surface area (Å²) in [6, 6.07) is 6.81. The van der Waals surface area contributed by atoms with Crippen LogP contribution in [0.3, 0.4) is 0 Å². The summed E-state index contributed by atoms with van der Waals surface area (Å²) in [6.45, 7) is 0. The molecule has 0 aliphatic heterocycles. The number of aromatic nitrogens is 2. The second-order valence-corrected chi connectivity index (χ2v) is 4.26. The lowest BCUT2D eigenvalue weighted by atomic mass is 10.1. The Morgan fingerprint density at radius 3 is 2.75 bits per heavy atom. The van der Waals surface area contributed by atoms with Crippen LogP contribution in [0.1, 0.15) is 16.1 Å². The molecule has 0 amide bonds. The molecule has 82 valence electrons. The maximum Gasteiger partial charge on any atom is 0.211 e. The van der Waals surface area contributed by atoms with Crippen LogP contribution < -0.4 is 5.73 Å². The van der Waals surface area contributed by atoms with Gasteiger partial charge in [-0.1, -0.05) is 0 Å². The Morgan fingerprint density at radius 2 is 2.19 bits per heavy atom. The van der Waals surface area contributed by atoms with Crippen LogP contribution in [0.25, 0.3) is 0 Å². The smallest absolute Gasteiger partial charge is 0.211 e. The fraction of sp³-hybridized carbons (Fsp3) is 0.0909. The van der Waals surface area contributed by atoms with Gasteiger partial charge in [-0.05, 0) is 40.2 Å². The van der Waals surface area contributed by atoms with E-state index in [0.717, 1.165) is 4.47 Å². The number of nitrogens with zero attached hydrogens (tertiary/aromatic N) is 2. The van der Waals surface area contributed by atoms with Gasteiger partial charge in [-0.15, -0.1) is 0 Å². The zero-order valence-corrected chi connectivity index (χ0v) is 10.2. The van der Waals surface area contributed by atoms with Crippen LogP contribution in [0.2, 0.25) is 0 Å².